The molecule has 5 aromatic rings. The smallest absolute Gasteiger partial charge is 0.459 e. The van der Waals surface area contributed by atoms with E-state index in [1.54, 1.807) is 88.9 Å². The zero-order valence-corrected chi connectivity index (χ0v) is 32.5. The SMILES string of the molecule is CCC1(OCC(F)(F)C(F)(F)C(F)(F)F)c2ccccc2-c2c1c1c(c3cc(OC)c(N4CCOCC4)cc23)OC(c2ccc(OC)cc2)(c2ccc(OC)cc2)C=C1. The van der Waals surface area contributed by atoms with Crippen molar-refractivity contribution in [2.75, 3.05) is 59.1 Å². The van der Waals surface area contributed by atoms with Crippen molar-refractivity contribution in [3.63, 3.8) is 0 Å². The lowest BCUT2D eigenvalue weighted by molar-refractivity contribution is -0.364. The Morgan fingerprint density at radius 3 is 1.92 bits per heavy atom. The summed E-state index contributed by atoms with van der Waals surface area (Å²) in [5.41, 5.74) is 0.893. The maximum atomic E-state index is 15.2. The second-order valence-electron chi connectivity index (χ2n) is 14.6. The minimum atomic E-state index is -6.53. The van der Waals surface area contributed by atoms with E-state index in [1.807, 2.05) is 36.4 Å². The predicted octanol–water partition coefficient (Wildman–Crippen LogP) is 10.5. The minimum Gasteiger partial charge on any atom is -0.497 e. The van der Waals surface area contributed by atoms with Gasteiger partial charge in [0.25, 0.3) is 0 Å². The van der Waals surface area contributed by atoms with Crippen LogP contribution in [-0.4, -0.2) is 72.3 Å². The van der Waals surface area contributed by atoms with Crippen LogP contribution in [0.15, 0.2) is 91.0 Å². The molecule has 1 fully saturated rings. The first kappa shape index (κ1) is 40.3. The van der Waals surface area contributed by atoms with Crippen LogP contribution in [0.5, 0.6) is 23.0 Å². The second kappa shape index (κ2) is 14.7. The van der Waals surface area contributed by atoms with E-state index in [1.165, 1.54) is 0 Å². The molecule has 1 aliphatic carbocycles. The van der Waals surface area contributed by atoms with Crippen LogP contribution in [0.3, 0.4) is 0 Å². The van der Waals surface area contributed by atoms with Gasteiger partial charge in [-0.2, -0.15) is 30.7 Å². The molecule has 3 aliphatic rings. The number of nitrogens with zero attached hydrogens (tertiary/aromatic N) is 1. The van der Waals surface area contributed by atoms with Crippen molar-refractivity contribution in [3.8, 4) is 34.1 Å². The van der Waals surface area contributed by atoms with Gasteiger partial charge in [-0.1, -0.05) is 61.5 Å². The lowest BCUT2D eigenvalue weighted by atomic mass is 9.79. The Labute approximate surface area is 335 Å². The number of ether oxygens (including phenoxy) is 6. The molecule has 0 radical (unpaired) electrons. The van der Waals surface area contributed by atoms with Crippen molar-refractivity contribution in [3.05, 3.63) is 119 Å². The number of morpholine rings is 1. The molecule has 1 unspecified atom stereocenters. The molecule has 0 spiro atoms. The van der Waals surface area contributed by atoms with Crippen LogP contribution in [0, 0.1) is 0 Å². The second-order valence-corrected chi connectivity index (χ2v) is 14.6. The normalized spacial score (nSPS) is 18.5. The van der Waals surface area contributed by atoms with E-state index in [0.717, 1.165) is 0 Å². The largest absolute Gasteiger partial charge is 0.497 e. The van der Waals surface area contributed by atoms with Crippen LogP contribution in [0.1, 0.15) is 41.2 Å². The average molecular weight is 824 g/mol. The van der Waals surface area contributed by atoms with Crippen molar-refractivity contribution in [2.24, 2.45) is 0 Å². The van der Waals surface area contributed by atoms with Gasteiger partial charge in [-0.25, -0.2) is 0 Å². The van der Waals surface area contributed by atoms with Crippen molar-refractivity contribution in [1.82, 2.24) is 0 Å². The molecule has 310 valence electrons. The van der Waals surface area contributed by atoms with Crippen molar-refractivity contribution in [2.45, 2.75) is 42.6 Å². The summed E-state index contributed by atoms with van der Waals surface area (Å²) in [6, 6.07) is 25.1. The Balaban J connectivity index is 1.44. The molecule has 0 amide bonds. The van der Waals surface area contributed by atoms with E-state index in [2.05, 4.69) is 4.90 Å². The third-order valence-electron chi connectivity index (χ3n) is 11.6. The molecular formula is C45H40F7NO6. The van der Waals surface area contributed by atoms with Crippen molar-refractivity contribution >= 4 is 22.5 Å². The van der Waals surface area contributed by atoms with Gasteiger partial charge in [-0.3, -0.25) is 0 Å². The molecule has 14 heteroatoms. The molecule has 7 nitrogen and oxygen atoms in total. The molecule has 1 saturated heterocycles. The summed E-state index contributed by atoms with van der Waals surface area (Å²) >= 11 is 0. The molecule has 0 aromatic heterocycles. The monoisotopic (exact) mass is 823 g/mol. The first-order chi connectivity index (χ1) is 28.2. The molecule has 0 bridgehead atoms. The first-order valence-corrected chi connectivity index (χ1v) is 18.9. The number of hydrogen-bond acceptors (Lipinski definition) is 7. The summed E-state index contributed by atoms with van der Waals surface area (Å²) in [7, 11) is 4.65. The molecule has 0 N–H and O–H groups in total. The Kier molecular flexibility index (Phi) is 10.0. The summed E-state index contributed by atoms with van der Waals surface area (Å²) in [6.07, 6.45) is -3.07. The fourth-order valence-electron chi connectivity index (χ4n) is 8.54. The zero-order valence-electron chi connectivity index (χ0n) is 32.5. The maximum absolute atomic E-state index is 15.2. The summed E-state index contributed by atoms with van der Waals surface area (Å²) in [6.45, 7) is 1.36. The third-order valence-corrected chi connectivity index (χ3v) is 11.6. The number of halogens is 7. The van der Waals surface area contributed by atoms with Gasteiger partial charge in [0, 0.05) is 40.7 Å². The quantitative estimate of drug-likeness (QED) is 0.123. The van der Waals surface area contributed by atoms with E-state index in [0.29, 0.717) is 99.0 Å². The summed E-state index contributed by atoms with van der Waals surface area (Å²) in [4.78, 5) is 2.09. The van der Waals surface area contributed by atoms with Crippen LogP contribution in [-0.2, 0) is 20.7 Å². The van der Waals surface area contributed by atoms with Gasteiger partial charge in [0.15, 0.2) is 5.60 Å². The molecule has 8 rings (SSSR count). The lowest BCUT2D eigenvalue weighted by Gasteiger charge is -2.40. The number of fused-ring (bicyclic) bond motifs is 8. The highest BCUT2D eigenvalue weighted by Gasteiger charge is 2.73. The number of anilines is 1. The standard InChI is InChI=1S/C45H40F7NO6/c1-5-41(58-26-43(46,47)44(48,49)45(50,51)52)35-9-7-6-8-31(35)38-33-24-36(53-20-22-57-23-21-53)37(56-4)25-34(33)40-32(39(38)41)18-19-42(59-40,27-10-14-29(54-2)15-11-27)28-12-16-30(55-3)17-13-28/h6-19,24-25H,5,20-23,26H2,1-4H3. The van der Waals surface area contributed by atoms with Crippen LogP contribution in [0.25, 0.3) is 28.0 Å². The fraction of sp³-hybridized carbons (Fsp3) is 0.333. The zero-order chi connectivity index (χ0) is 42.0. The van der Waals surface area contributed by atoms with Crippen molar-refractivity contribution < 1.29 is 59.2 Å². The van der Waals surface area contributed by atoms with Gasteiger partial charge in [0.1, 0.15) is 35.2 Å². The molecule has 5 aromatic carbocycles. The van der Waals surface area contributed by atoms with E-state index < -0.39 is 35.8 Å². The molecular weight excluding hydrogens is 783 g/mol. The third kappa shape index (κ3) is 6.25. The van der Waals surface area contributed by atoms with Gasteiger partial charge < -0.3 is 33.3 Å². The van der Waals surface area contributed by atoms with E-state index in [-0.39, 0.29) is 12.2 Å². The van der Waals surface area contributed by atoms with Crippen LogP contribution in [0.4, 0.5) is 36.4 Å². The van der Waals surface area contributed by atoms with Crippen LogP contribution in [0.2, 0.25) is 0 Å². The highest BCUT2D eigenvalue weighted by Crippen LogP contribution is 2.61. The van der Waals surface area contributed by atoms with Crippen molar-refractivity contribution in [1.29, 1.82) is 0 Å². The van der Waals surface area contributed by atoms with Gasteiger partial charge in [0.05, 0.1) is 40.2 Å². The Morgan fingerprint density at radius 1 is 0.746 bits per heavy atom. The van der Waals surface area contributed by atoms with Crippen LogP contribution < -0.4 is 23.8 Å². The molecule has 59 heavy (non-hydrogen) atoms. The fourth-order valence-corrected chi connectivity index (χ4v) is 8.54. The van der Waals surface area contributed by atoms with Gasteiger partial charge in [-0.15, -0.1) is 0 Å². The topological polar surface area (TPSA) is 58.6 Å². The highest BCUT2D eigenvalue weighted by molar-refractivity contribution is 6.10. The molecule has 2 heterocycles. The van der Waals surface area contributed by atoms with Gasteiger partial charge in [0.2, 0.25) is 0 Å². The molecule has 2 aliphatic heterocycles. The predicted molar refractivity (Wildman–Crippen MR) is 208 cm³/mol. The Morgan fingerprint density at radius 2 is 1.36 bits per heavy atom. The molecule has 0 saturated carbocycles. The number of benzene rings is 5. The average Bonchev–Trinajstić information content (AvgIpc) is 3.55. The Hall–Kier alpha value is -5.47. The summed E-state index contributed by atoms with van der Waals surface area (Å²) in [5, 5.41) is 1.16. The lowest BCUT2D eigenvalue weighted by Crippen LogP contribution is -2.55. The van der Waals surface area contributed by atoms with E-state index in [4.69, 9.17) is 28.4 Å². The summed E-state index contributed by atoms with van der Waals surface area (Å²) < 4.78 is 135. The number of alkyl halides is 7. The van der Waals surface area contributed by atoms with E-state index >= 15 is 8.78 Å². The van der Waals surface area contributed by atoms with Gasteiger partial charge in [-0.05, 0) is 71.0 Å². The van der Waals surface area contributed by atoms with Crippen LogP contribution >= 0.6 is 0 Å². The maximum Gasteiger partial charge on any atom is 0.459 e. The number of rotatable bonds is 11. The highest BCUT2D eigenvalue weighted by atomic mass is 19.4. The summed E-state index contributed by atoms with van der Waals surface area (Å²) in [5.74, 6) is -10.0. The first-order valence-electron chi connectivity index (χ1n) is 18.9. The van der Waals surface area contributed by atoms with E-state index in [9.17, 15) is 22.0 Å². The van der Waals surface area contributed by atoms with Gasteiger partial charge >= 0.3 is 18.0 Å². The minimum absolute atomic E-state index is 0.120. The number of hydrogen-bond donors (Lipinski definition) is 0. The number of methoxy groups -OCH3 is 3. The Bertz CT molecular complexity index is 2360. The molecule has 1 atom stereocenters.